The second-order valence-corrected chi connectivity index (χ2v) is 11.6. The summed E-state index contributed by atoms with van der Waals surface area (Å²) in [6, 6.07) is 33.3. The zero-order valence-corrected chi connectivity index (χ0v) is 25.3. The van der Waals surface area contributed by atoms with Crippen molar-refractivity contribution in [2.75, 3.05) is 4.90 Å². The second kappa shape index (κ2) is 11.3. The Hall–Kier alpha value is -4.70. The average molecular weight is 546 g/mol. The van der Waals surface area contributed by atoms with E-state index in [2.05, 4.69) is 142 Å². The van der Waals surface area contributed by atoms with Crippen molar-refractivity contribution < 1.29 is 0 Å². The topological polar surface area (TPSA) is 29.0 Å². The highest BCUT2D eigenvalue weighted by Crippen LogP contribution is 2.34. The van der Waals surface area contributed by atoms with Gasteiger partial charge in [-0.2, -0.15) is 0 Å². The first-order valence-electron chi connectivity index (χ1n) is 14.6. The Bertz CT molecular complexity index is 1790. The molecule has 0 aliphatic heterocycles. The van der Waals surface area contributed by atoms with E-state index < -0.39 is 0 Å². The molecule has 0 saturated carbocycles. The van der Waals surface area contributed by atoms with Crippen LogP contribution in [0.15, 0.2) is 110 Å². The van der Waals surface area contributed by atoms with E-state index in [0.717, 1.165) is 17.2 Å². The molecule has 0 fully saturated rings. The maximum Gasteiger partial charge on any atom is 0.242 e. The number of hydrogen-bond donors (Lipinski definition) is 0. The van der Waals surface area contributed by atoms with Crippen molar-refractivity contribution in [3.8, 4) is 0 Å². The van der Waals surface area contributed by atoms with Crippen LogP contribution in [0, 0.1) is 41.5 Å². The lowest BCUT2D eigenvalue weighted by atomic mass is 9.34. The third-order valence-electron chi connectivity index (χ3n) is 8.31. The molecule has 0 bridgehead atoms. The number of aromatic nitrogens is 2. The van der Waals surface area contributed by atoms with Gasteiger partial charge in [0.05, 0.1) is 6.20 Å². The molecule has 0 atom stereocenters. The molecule has 4 heteroatoms. The molecule has 0 N–H and O–H groups in total. The molecule has 0 aliphatic carbocycles. The smallest absolute Gasteiger partial charge is 0.242 e. The van der Waals surface area contributed by atoms with Crippen LogP contribution in [0.1, 0.15) is 33.4 Å². The van der Waals surface area contributed by atoms with Gasteiger partial charge in [-0.15, -0.1) is 0 Å². The van der Waals surface area contributed by atoms with E-state index in [1.807, 2.05) is 6.20 Å². The predicted molar refractivity (Wildman–Crippen MR) is 180 cm³/mol. The van der Waals surface area contributed by atoms with Gasteiger partial charge in [-0.1, -0.05) is 116 Å². The van der Waals surface area contributed by atoms with Crippen LogP contribution in [-0.4, -0.2) is 16.7 Å². The summed E-state index contributed by atoms with van der Waals surface area (Å²) in [4.78, 5) is 11.3. The van der Waals surface area contributed by atoms with E-state index in [1.165, 1.54) is 60.5 Å². The molecule has 1 aromatic heterocycles. The van der Waals surface area contributed by atoms with Crippen LogP contribution in [0.25, 0.3) is 10.8 Å². The maximum atomic E-state index is 4.69. The van der Waals surface area contributed by atoms with Crippen LogP contribution >= 0.6 is 0 Å². The Kier molecular flexibility index (Phi) is 7.39. The molecule has 0 unspecified atom stereocenters. The number of benzene rings is 5. The van der Waals surface area contributed by atoms with Crippen molar-refractivity contribution >= 4 is 51.1 Å². The first-order chi connectivity index (χ1) is 20.3. The summed E-state index contributed by atoms with van der Waals surface area (Å²) >= 11 is 0. The van der Waals surface area contributed by atoms with Crippen LogP contribution < -0.4 is 21.3 Å². The summed E-state index contributed by atoms with van der Waals surface area (Å²) in [7, 11) is 0. The van der Waals surface area contributed by atoms with Gasteiger partial charge < -0.3 is 0 Å². The molecule has 0 aliphatic rings. The van der Waals surface area contributed by atoms with E-state index >= 15 is 0 Å². The maximum absolute atomic E-state index is 4.69. The number of hydrogen-bond acceptors (Lipinski definition) is 3. The summed E-state index contributed by atoms with van der Waals surface area (Å²) in [6.45, 7) is 13.5. The lowest BCUT2D eigenvalue weighted by molar-refractivity contribution is 1.13. The molecule has 6 rings (SSSR count). The lowest BCUT2D eigenvalue weighted by Crippen LogP contribution is -2.55. The van der Waals surface area contributed by atoms with Gasteiger partial charge in [-0.05, 0) is 76.6 Å². The molecule has 6 aromatic rings. The second-order valence-electron chi connectivity index (χ2n) is 11.6. The van der Waals surface area contributed by atoms with E-state index in [0.29, 0.717) is 0 Å². The average Bonchev–Trinajstić information content (AvgIpc) is 2.96. The van der Waals surface area contributed by atoms with Gasteiger partial charge in [-0.25, -0.2) is 4.98 Å². The number of aryl methyl sites for hydroxylation is 6. The fraction of sp³-hybridized carbons (Fsp3) is 0.158. The van der Waals surface area contributed by atoms with Crippen molar-refractivity contribution in [2.24, 2.45) is 0 Å². The van der Waals surface area contributed by atoms with Gasteiger partial charge in [0.25, 0.3) is 0 Å². The van der Waals surface area contributed by atoms with Crippen LogP contribution in [0.3, 0.4) is 0 Å². The normalized spacial score (nSPS) is 11.1. The Balaban J connectivity index is 1.51. The van der Waals surface area contributed by atoms with Crippen molar-refractivity contribution in [3.63, 3.8) is 0 Å². The minimum atomic E-state index is 0.130. The van der Waals surface area contributed by atoms with E-state index in [4.69, 9.17) is 4.98 Å². The van der Waals surface area contributed by atoms with Crippen LogP contribution in [-0.2, 0) is 0 Å². The molecule has 0 amide bonds. The molecule has 0 radical (unpaired) electrons. The van der Waals surface area contributed by atoms with Crippen molar-refractivity contribution in [1.29, 1.82) is 0 Å². The van der Waals surface area contributed by atoms with E-state index in [-0.39, 0.29) is 6.71 Å². The number of rotatable bonds is 6. The van der Waals surface area contributed by atoms with Crippen LogP contribution in [0.2, 0.25) is 0 Å². The monoisotopic (exact) mass is 545 g/mol. The largest absolute Gasteiger partial charge is 0.294 e. The standard InChI is InChI=1S/C38H36BN3/c1-25-19-27(3)37(28(4)20-25)39(38-29(5)21-26(2)22-30(38)6)33-12-15-34(16-13-33)42(36-24-40-17-18-41-36)35-14-11-31-9-7-8-10-32(31)23-35/h7-24H,1-6H3. The number of fused-ring (bicyclic) bond motifs is 1. The quantitative estimate of drug-likeness (QED) is 0.203. The molecular weight excluding hydrogens is 509 g/mol. The Morgan fingerprint density at radius 1 is 0.548 bits per heavy atom. The van der Waals surface area contributed by atoms with Gasteiger partial charge in [0.15, 0.2) is 5.82 Å². The molecule has 5 aromatic carbocycles. The van der Waals surface area contributed by atoms with Crippen LogP contribution in [0.4, 0.5) is 17.2 Å². The zero-order valence-electron chi connectivity index (χ0n) is 25.3. The summed E-state index contributed by atoms with van der Waals surface area (Å²) < 4.78 is 0. The molecule has 1 heterocycles. The van der Waals surface area contributed by atoms with Gasteiger partial charge in [-0.3, -0.25) is 9.88 Å². The summed E-state index contributed by atoms with van der Waals surface area (Å²) in [6.07, 6.45) is 5.29. The van der Waals surface area contributed by atoms with E-state index in [9.17, 15) is 0 Å². The fourth-order valence-electron chi connectivity index (χ4n) is 6.72. The molecule has 3 nitrogen and oxygen atoms in total. The van der Waals surface area contributed by atoms with Gasteiger partial charge >= 0.3 is 0 Å². The lowest BCUT2D eigenvalue weighted by Gasteiger charge is -2.27. The minimum absolute atomic E-state index is 0.130. The predicted octanol–water partition coefficient (Wildman–Crippen LogP) is 7.47. The fourth-order valence-corrected chi connectivity index (χ4v) is 6.72. The molecule has 42 heavy (non-hydrogen) atoms. The third kappa shape index (κ3) is 5.21. The summed E-state index contributed by atoms with van der Waals surface area (Å²) in [5.74, 6) is 0.785. The van der Waals surface area contributed by atoms with Gasteiger partial charge in [0, 0.05) is 23.8 Å². The Morgan fingerprint density at radius 2 is 1.10 bits per heavy atom. The van der Waals surface area contributed by atoms with Crippen molar-refractivity contribution in [3.05, 3.63) is 143 Å². The minimum Gasteiger partial charge on any atom is -0.294 e. The van der Waals surface area contributed by atoms with Gasteiger partial charge in [0.2, 0.25) is 6.71 Å². The molecule has 0 saturated heterocycles. The molecule has 206 valence electrons. The SMILES string of the molecule is Cc1cc(C)c(B(c2ccc(N(c3ccc4ccccc4c3)c3cnccn3)cc2)c2c(C)cc(C)cc2C)c(C)c1. The van der Waals surface area contributed by atoms with Crippen molar-refractivity contribution in [2.45, 2.75) is 41.5 Å². The highest BCUT2D eigenvalue weighted by Gasteiger charge is 2.28. The summed E-state index contributed by atoms with van der Waals surface area (Å²) in [5.41, 5.74) is 14.1. The molecular formula is C38H36BN3. The van der Waals surface area contributed by atoms with Crippen LogP contribution in [0.5, 0.6) is 0 Å². The zero-order chi connectivity index (χ0) is 29.4. The highest BCUT2D eigenvalue weighted by molar-refractivity contribution is 6.96. The van der Waals surface area contributed by atoms with Crippen molar-refractivity contribution in [1.82, 2.24) is 9.97 Å². The van der Waals surface area contributed by atoms with E-state index in [1.54, 1.807) is 12.4 Å². The molecule has 0 spiro atoms. The third-order valence-corrected chi connectivity index (χ3v) is 8.31. The first-order valence-corrected chi connectivity index (χ1v) is 14.6. The highest BCUT2D eigenvalue weighted by atomic mass is 15.2. The number of nitrogens with zero attached hydrogens (tertiary/aromatic N) is 3. The van der Waals surface area contributed by atoms with Gasteiger partial charge in [0.1, 0.15) is 0 Å². The number of anilines is 3. The summed E-state index contributed by atoms with van der Waals surface area (Å²) in [5, 5.41) is 2.41. The Labute approximate surface area is 250 Å². The first kappa shape index (κ1) is 27.5. The Morgan fingerprint density at radius 3 is 1.64 bits per heavy atom.